The van der Waals surface area contributed by atoms with Gasteiger partial charge in [-0.25, -0.2) is 0 Å². The first-order chi connectivity index (χ1) is 12.0. The van der Waals surface area contributed by atoms with Gasteiger partial charge in [0.15, 0.2) is 0 Å². The lowest BCUT2D eigenvalue weighted by Gasteiger charge is -2.11. The first kappa shape index (κ1) is 17.3. The minimum absolute atomic E-state index is 0.576. The highest BCUT2D eigenvalue weighted by atomic mass is 31.1. The van der Waals surface area contributed by atoms with Gasteiger partial charge in [0.05, 0.1) is 5.56 Å². The van der Waals surface area contributed by atoms with Gasteiger partial charge in [-0.15, -0.1) is 0 Å². The van der Waals surface area contributed by atoms with Crippen LogP contribution in [0, 0.1) is 11.6 Å². The van der Waals surface area contributed by atoms with E-state index in [0.29, 0.717) is 5.56 Å². The second-order valence-electron chi connectivity index (χ2n) is 5.32. The molecule has 0 nitrogen and oxygen atoms in total. The second-order valence-corrected chi connectivity index (χ2v) is 7.25. The SMILES string of the molecule is FC(F)(F)c1ccc(C#CP(c2ccccc2)c2ccccc2)cc1. The highest BCUT2D eigenvalue weighted by Crippen LogP contribution is 2.32. The van der Waals surface area contributed by atoms with E-state index in [1.54, 1.807) is 0 Å². The van der Waals surface area contributed by atoms with Crippen LogP contribution in [0.3, 0.4) is 0 Å². The van der Waals surface area contributed by atoms with E-state index in [4.69, 9.17) is 0 Å². The van der Waals surface area contributed by atoms with Crippen molar-refractivity contribution in [3.63, 3.8) is 0 Å². The Kier molecular flexibility index (Phi) is 5.22. The fourth-order valence-corrected chi connectivity index (χ4v) is 4.03. The highest BCUT2D eigenvalue weighted by molar-refractivity contribution is 7.77. The molecule has 0 unspecified atom stereocenters. The van der Waals surface area contributed by atoms with Gasteiger partial charge in [0.2, 0.25) is 0 Å². The lowest BCUT2D eigenvalue weighted by molar-refractivity contribution is -0.137. The van der Waals surface area contributed by atoms with Crippen LogP contribution in [0.25, 0.3) is 0 Å². The normalized spacial score (nSPS) is 11.0. The molecular formula is C21H14F3P. The monoisotopic (exact) mass is 354 g/mol. The van der Waals surface area contributed by atoms with Crippen molar-refractivity contribution in [2.24, 2.45) is 0 Å². The van der Waals surface area contributed by atoms with Crippen LogP contribution in [-0.2, 0) is 6.18 Å². The van der Waals surface area contributed by atoms with E-state index < -0.39 is 19.7 Å². The van der Waals surface area contributed by atoms with Crippen LogP contribution in [0.15, 0.2) is 84.9 Å². The Labute approximate surface area is 146 Å². The third kappa shape index (κ3) is 4.50. The van der Waals surface area contributed by atoms with E-state index in [1.807, 2.05) is 60.7 Å². The summed E-state index contributed by atoms with van der Waals surface area (Å²) in [6, 6.07) is 24.8. The van der Waals surface area contributed by atoms with Crippen molar-refractivity contribution < 1.29 is 13.2 Å². The van der Waals surface area contributed by atoms with Gasteiger partial charge < -0.3 is 0 Å². The molecule has 0 amide bonds. The van der Waals surface area contributed by atoms with Crippen molar-refractivity contribution >= 4 is 18.5 Å². The van der Waals surface area contributed by atoms with Crippen LogP contribution in [0.1, 0.15) is 11.1 Å². The largest absolute Gasteiger partial charge is 0.416 e. The molecule has 4 heteroatoms. The molecule has 0 heterocycles. The maximum absolute atomic E-state index is 12.6. The van der Waals surface area contributed by atoms with E-state index in [0.717, 1.165) is 22.7 Å². The Morgan fingerprint density at radius 3 is 1.56 bits per heavy atom. The molecule has 0 spiro atoms. The molecule has 0 saturated carbocycles. The lowest BCUT2D eigenvalue weighted by Crippen LogP contribution is -2.09. The van der Waals surface area contributed by atoms with Crippen molar-refractivity contribution in [1.82, 2.24) is 0 Å². The number of halogens is 3. The van der Waals surface area contributed by atoms with Crippen molar-refractivity contribution in [3.8, 4) is 11.6 Å². The summed E-state index contributed by atoms with van der Waals surface area (Å²) in [5.74, 6) is 3.03. The van der Waals surface area contributed by atoms with Crippen molar-refractivity contribution in [1.29, 1.82) is 0 Å². The predicted molar refractivity (Wildman–Crippen MR) is 97.4 cm³/mol. The summed E-state index contributed by atoms with van der Waals surface area (Å²) < 4.78 is 37.9. The molecule has 3 aromatic carbocycles. The Balaban J connectivity index is 1.93. The first-order valence-corrected chi connectivity index (χ1v) is 8.97. The Hall–Kier alpha value is -2.56. The van der Waals surface area contributed by atoms with Gasteiger partial charge in [-0.05, 0) is 34.9 Å². The molecule has 0 aromatic heterocycles. The average molecular weight is 354 g/mol. The molecule has 0 radical (unpaired) electrons. The summed E-state index contributed by atoms with van der Waals surface area (Å²) in [5.41, 5.74) is 3.18. The third-order valence-corrected chi connectivity index (χ3v) is 5.52. The minimum Gasteiger partial charge on any atom is -0.166 e. The number of hydrogen-bond donors (Lipinski definition) is 0. The van der Waals surface area contributed by atoms with E-state index in [2.05, 4.69) is 11.6 Å². The summed E-state index contributed by atoms with van der Waals surface area (Å²) in [6.07, 6.45) is -4.33. The molecule has 0 N–H and O–H groups in total. The van der Waals surface area contributed by atoms with E-state index in [9.17, 15) is 13.2 Å². The van der Waals surface area contributed by atoms with E-state index >= 15 is 0 Å². The fourth-order valence-electron chi connectivity index (χ4n) is 2.30. The summed E-state index contributed by atoms with van der Waals surface area (Å²) >= 11 is 0. The summed E-state index contributed by atoms with van der Waals surface area (Å²) in [5, 5.41) is 2.23. The fraction of sp³-hybridized carbons (Fsp3) is 0.0476. The van der Waals surface area contributed by atoms with Crippen molar-refractivity contribution in [3.05, 3.63) is 96.1 Å². The highest BCUT2D eigenvalue weighted by Gasteiger charge is 2.29. The standard InChI is InChI=1S/C21H14F3P/c22-21(23,24)18-13-11-17(12-14-18)15-16-25(19-7-3-1-4-8-19)20-9-5-2-6-10-20/h1-14H. The van der Waals surface area contributed by atoms with Crippen LogP contribution in [0.2, 0.25) is 0 Å². The molecule has 0 aliphatic carbocycles. The first-order valence-electron chi connectivity index (χ1n) is 7.63. The second kappa shape index (κ2) is 7.55. The molecule has 3 rings (SSSR count). The van der Waals surface area contributed by atoms with Gasteiger partial charge in [0.25, 0.3) is 0 Å². The van der Waals surface area contributed by atoms with Gasteiger partial charge in [0.1, 0.15) is 0 Å². The number of hydrogen-bond acceptors (Lipinski definition) is 0. The topological polar surface area (TPSA) is 0 Å². The Morgan fingerprint density at radius 2 is 1.12 bits per heavy atom. The number of benzene rings is 3. The van der Waals surface area contributed by atoms with Gasteiger partial charge in [0, 0.05) is 13.5 Å². The van der Waals surface area contributed by atoms with E-state index in [1.165, 1.54) is 12.1 Å². The molecule has 124 valence electrons. The van der Waals surface area contributed by atoms with Crippen LogP contribution in [0.4, 0.5) is 13.2 Å². The van der Waals surface area contributed by atoms with Crippen molar-refractivity contribution in [2.75, 3.05) is 0 Å². The van der Waals surface area contributed by atoms with Crippen LogP contribution in [0.5, 0.6) is 0 Å². The van der Waals surface area contributed by atoms with Gasteiger partial charge in [-0.2, -0.15) is 13.2 Å². The quantitative estimate of drug-likeness (QED) is 0.441. The summed E-state index contributed by atoms with van der Waals surface area (Å²) in [7, 11) is -0.888. The Morgan fingerprint density at radius 1 is 0.640 bits per heavy atom. The van der Waals surface area contributed by atoms with Crippen molar-refractivity contribution in [2.45, 2.75) is 6.18 Å². The maximum atomic E-state index is 12.6. The van der Waals surface area contributed by atoms with Gasteiger partial charge >= 0.3 is 6.18 Å². The van der Waals surface area contributed by atoms with Gasteiger partial charge in [-0.1, -0.05) is 72.2 Å². The third-order valence-electron chi connectivity index (χ3n) is 3.55. The Bertz CT molecular complexity index is 834. The molecule has 0 fully saturated rings. The van der Waals surface area contributed by atoms with Crippen LogP contribution in [-0.4, -0.2) is 0 Å². The predicted octanol–water partition coefficient (Wildman–Crippen LogP) is 5.15. The molecule has 3 aromatic rings. The molecule has 25 heavy (non-hydrogen) atoms. The lowest BCUT2D eigenvalue weighted by atomic mass is 10.1. The smallest absolute Gasteiger partial charge is 0.166 e. The zero-order chi connectivity index (χ0) is 17.7. The van der Waals surface area contributed by atoms with Crippen LogP contribution >= 0.6 is 7.92 Å². The molecule has 0 bridgehead atoms. The average Bonchev–Trinajstić information content (AvgIpc) is 2.63. The summed E-state index contributed by atoms with van der Waals surface area (Å²) in [4.78, 5) is 0. The zero-order valence-corrected chi connectivity index (χ0v) is 14.1. The molecule has 0 aliphatic rings. The zero-order valence-electron chi connectivity index (χ0n) is 13.2. The van der Waals surface area contributed by atoms with Gasteiger partial charge in [-0.3, -0.25) is 0 Å². The number of rotatable bonds is 2. The molecule has 0 atom stereocenters. The van der Waals surface area contributed by atoms with Crippen LogP contribution < -0.4 is 10.6 Å². The summed E-state index contributed by atoms with van der Waals surface area (Å²) in [6.45, 7) is 0. The number of alkyl halides is 3. The molecule has 0 aliphatic heterocycles. The molecule has 0 saturated heterocycles. The molecular weight excluding hydrogens is 340 g/mol. The minimum atomic E-state index is -4.33. The maximum Gasteiger partial charge on any atom is 0.416 e. The van der Waals surface area contributed by atoms with E-state index in [-0.39, 0.29) is 0 Å².